The molecule has 0 spiro atoms. The summed E-state index contributed by atoms with van der Waals surface area (Å²) in [5.74, 6) is -0.141. The van der Waals surface area contributed by atoms with Crippen LogP contribution in [0.1, 0.15) is 27.0 Å². The first kappa shape index (κ1) is 20.3. The van der Waals surface area contributed by atoms with Crippen molar-refractivity contribution in [3.8, 4) is 11.3 Å². The zero-order valence-electron chi connectivity index (χ0n) is 16.1. The molecule has 0 saturated carbocycles. The molecule has 4 aromatic rings. The molecular formula is C23H18I2N2O2. The van der Waals surface area contributed by atoms with Crippen LogP contribution >= 0.6 is 45.2 Å². The van der Waals surface area contributed by atoms with Gasteiger partial charge in [0.1, 0.15) is 5.69 Å². The van der Waals surface area contributed by atoms with E-state index in [1.54, 1.807) is 0 Å². The van der Waals surface area contributed by atoms with Gasteiger partial charge in [0.15, 0.2) is 5.58 Å². The van der Waals surface area contributed by atoms with Gasteiger partial charge in [-0.25, -0.2) is 0 Å². The third kappa shape index (κ3) is 4.18. The van der Waals surface area contributed by atoms with E-state index >= 15 is 0 Å². The highest BCUT2D eigenvalue weighted by Crippen LogP contribution is 2.33. The van der Waals surface area contributed by atoms with E-state index in [1.165, 1.54) is 5.56 Å². The number of amides is 1. The van der Waals surface area contributed by atoms with E-state index < -0.39 is 0 Å². The molecule has 29 heavy (non-hydrogen) atoms. The van der Waals surface area contributed by atoms with Gasteiger partial charge < -0.3 is 9.84 Å². The summed E-state index contributed by atoms with van der Waals surface area (Å²) in [4.78, 5) is 12.7. The summed E-state index contributed by atoms with van der Waals surface area (Å²) in [5, 5.41) is 8.26. The molecule has 3 aromatic carbocycles. The minimum Gasteiger partial charge on any atom is -0.356 e. The molecule has 6 heteroatoms. The smallest absolute Gasteiger partial charge is 0.255 e. The molecule has 146 valence electrons. The van der Waals surface area contributed by atoms with Crippen molar-refractivity contribution in [2.24, 2.45) is 0 Å². The Bertz CT molecular complexity index is 1240. The van der Waals surface area contributed by atoms with Crippen molar-refractivity contribution < 1.29 is 9.32 Å². The monoisotopic (exact) mass is 608 g/mol. The van der Waals surface area contributed by atoms with Crippen molar-refractivity contribution in [1.29, 1.82) is 0 Å². The number of aromatic nitrogens is 1. The van der Waals surface area contributed by atoms with Crippen LogP contribution in [0, 0.1) is 27.9 Å². The van der Waals surface area contributed by atoms with Crippen LogP contribution in [0.3, 0.4) is 0 Å². The Morgan fingerprint density at radius 3 is 2.34 bits per heavy atom. The fraction of sp³-hybridized carbons (Fsp3) is 0.130. The molecule has 1 N–H and O–H groups in total. The van der Waals surface area contributed by atoms with E-state index in [9.17, 15) is 4.79 Å². The summed E-state index contributed by atoms with van der Waals surface area (Å²) >= 11 is 4.44. The Hall–Kier alpha value is -1.94. The summed E-state index contributed by atoms with van der Waals surface area (Å²) in [6.07, 6.45) is 0. The van der Waals surface area contributed by atoms with Gasteiger partial charge in [-0.15, -0.1) is 0 Å². The van der Waals surface area contributed by atoms with Crippen LogP contribution in [0.25, 0.3) is 22.2 Å². The van der Waals surface area contributed by atoms with Crippen molar-refractivity contribution in [2.75, 3.05) is 5.32 Å². The van der Waals surface area contributed by atoms with Crippen molar-refractivity contribution in [3.63, 3.8) is 0 Å². The minimum atomic E-state index is -0.141. The van der Waals surface area contributed by atoms with Crippen LogP contribution in [0.4, 0.5) is 5.69 Å². The number of hydrogen-bond donors (Lipinski definition) is 1. The SMILES string of the molecule is Cc1ccc(-c2noc3cc(NC(=O)c4cc(I)cc(I)c4)c(C)cc23)c(C)c1. The lowest BCUT2D eigenvalue weighted by Gasteiger charge is -2.10. The van der Waals surface area contributed by atoms with Gasteiger partial charge in [0.2, 0.25) is 0 Å². The average molecular weight is 608 g/mol. The minimum absolute atomic E-state index is 0.141. The van der Waals surface area contributed by atoms with E-state index in [-0.39, 0.29) is 5.91 Å². The Morgan fingerprint density at radius 1 is 0.931 bits per heavy atom. The number of nitrogens with one attached hydrogen (secondary N) is 1. The first-order valence-electron chi connectivity index (χ1n) is 9.07. The predicted octanol–water partition coefficient (Wildman–Crippen LogP) is 6.88. The zero-order valence-corrected chi connectivity index (χ0v) is 20.5. The summed E-state index contributed by atoms with van der Waals surface area (Å²) in [6, 6.07) is 15.9. The van der Waals surface area contributed by atoms with Crippen LogP contribution in [-0.4, -0.2) is 11.1 Å². The maximum absolute atomic E-state index is 12.7. The number of benzene rings is 3. The average Bonchev–Trinajstić information content (AvgIpc) is 3.03. The van der Waals surface area contributed by atoms with Gasteiger partial charge in [-0.3, -0.25) is 4.79 Å². The van der Waals surface area contributed by atoms with Gasteiger partial charge in [-0.1, -0.05) is 28.9 Å². The van der Waals surface area contributed by atoms with Crippen molar-refractivity contribution >= 4 is 67.7 Å². The Labute approximate surface area is 196 Å². The van der Waals surface area contributed by atoms with Gasteiger partial charge in [-0.2, -0.15) is 0 Å². The number of aryl methyl sites for hydroxylation is 3. The summed E-state index contributed by atoms with van der Waals surface area (Å²) in [6.45, 7) is 6.13. The lowest BCUT2D eigenvalue weighted by atomic mass is 9.99. The highest BCUT2D eigenvalue weighted by Gasteiger charge is 2.16. The number of halogens is 2. The summed E-state index contributed by atoms with van der Waals surface area (Å²) in [5.41, 5.74) is 7.21. The number of nitrogens with zero attached hydrogens (tertiary/aromatic N) is 1. The second kappa shape index (κ2) is 8.06. The zero-order chi connectivity index (χ0) is 20.7. The van der Waals surface area contributed by atoms with Gasteiger partial charge in [0, 0.05) is 30.0 Å². The van der Waals surface area contributed by atoms with E-state index in [0.29, 0.717) is 11.1 Å². The standard InChI is InChI=1S/C23H18I2N2O2/c1-12-4-5-18(13(2)6-12)22-19-7-14(3)20(11-21(19)29-27-22)26-23(28)15-8-16(24)10-17(25)9-15/h4-11H,1-3H3,(H,26,28). The first-order valence-corrected chi connectivity index (χ1v) is 11.2. The van der Waals surface area contributed by atoms with Crippen LogP contribution in [0.2, 0.25) is 0 Å². The fourth-order valence-electron chi connectivity index (χ4n) is 3.38. The van der Waals surface area contributed by atoms with Gasteiger partial charge >= 0.3 is 0 Å². The molecule has 1 heterocycles. The molecule has 4 rings (SSSR count). The maximum Gasteiger partial charge on any atom is 0.255 e. The van der Waals surface area contributed by atoms with Crippen LogP contribution < -0.4 is 5.32 Å². The number of anilines is 1. The normalized spacial score (nSPS) is 11.1. The molecule has 0 saturated heterocycles. The van der Waals surface area contributed by atoms with Gasteiger partial charge in [-0.05, 0) is 101 Å². The van der Waals surface area contributed by atoms with Crippen molar-refractivity contribution in [1.82, 2.24) is 5.16 Å². The molecule has 0 atom stereocenters. The molecular weight excluding hydrogens is 590 g/mol. The molecule has 0 aliphatic rings. The fourth-order valence-corrected chi connectivity index (χ4v) is 5.32. The lowest BCUT2D eigenvalue weighted by Crippen LogP contribution is -2.13. The number of rotatable bonds is 3. The number of fused-ring (bicyclic) bond motifs is 1. The quantitative estimate of drug-likeness (QED) is 0.258. The number of carbonyl (C=O) groups is 1. The molecule has 1 amide bonds. The van der Waals surface area contributed by atoms with Crippen molar-refractivity contribution in [3.05, 3.63) is 77.9 Å². The van der Waals surface area contributed by atoms with Gasteiger partial charge in [0.05, 0.1) is 5.39 Å². The van der Waals surface area contributed by atoms with Crippen molar-refractivity contribution in [2.45, 2.75) is 20.8 Å². The molecule has 0 aliphatic heterocycles. The molecule has 0 aliphatic carbocycles. The number of hydrogen-bond acceptors (Lipinski definition) is 3. The van der Waals surface area contributed by atoms with E-state index in [2.05, 4.69) is 87.7 Å². The molecule has 4 nitrogen and oxygen atoms in total. The Balaban J connectivity index is 1.71. The third-order valence-electron chi connectivity index (χ3n) is 4.83. The van der Waals surface area contributed by atoms with Crippen LogP contribution in [0.5, 0.6) is 0 Å². The maximum atomic E-state index is 12.7. The topological polar surface area (TPSA) is 55.1 Å². The molecule has 0 fully saturated rings. The Kier molecular flexibility index (Phi) is 5.65. The first-order chi connectivity index (χ1) is 13.8. The Morgan fingerprint density at radius 2 is 1.66 bits per heavy atom. The van der Waals surface area contributed by atoms with Crippen LogP contribution in [0.15, 0.2) is 53.1 Å². The molecule has 0 bridgehead atoms. The third-order valence-corrected chi connectivity index (χ3v) is 6.07. The van der Waals surface area contributed by atoms with Crippen LogP contribution in [-0.2, 0) is 0 Å². The second-order valence-corrected chi connectivity index (χ2v) is 9.62. The van der Waals surface area contributed by atoms with E-state index in [4.69, 9.17) is 4.52 Å². The number of carbonyl (C=O) groups excluding carboxylic acids is 1. The van der Waals surface area contributed by atoms with E-state index in [0.717, 1.165) is 40.6 Å². The molecule has 0 radical (unpaired) electrons. The largest absolute Gasteiger partial charge is 0.356 e. The predicted molar refractivity (Wildman–Crippen MR) is 133 cm³/mol. The second-order valence-electron chi connectivity index (χ2n) is 7.13. The highest BCUT2D eigenvalue weighted by atomic mass is 127. The summed E-state index contributed by atoms with van der Waals surface area (Å²) in [7, 11) is 0. The molecule has 1 aromatic heterocycles. The van der Waals surface area contributed by atoms with E-state index in [1.807, 2.05) is 37.3 Å². The molecule has 0 unspecified atom stereocenters. The summed E-state index contributed by atoms with van der Waals surface area (Å²) < 4.78 is 7.66. The lowest BCUT2D eigenvalue weighted by molar-refractivity contribution is 0.102. The van der Waals surface area contributed by atoms with Gasteiger partial charge in [0.25, 0.3) is 5.91 Å². The highest BCUT2D eigenvalue weighted by molar-refractivity contribution is 14.1.